The maximum atomic E-state index is 12.8. The average Bonchev–Trinajstić information content (AvgIpc) is 3.17. The van der Waals surface area contributed by atoms with Gasteiger partial charge in [-0.1, -0.05) is 231 Å². The van der Waals surface area contributed by atoms with E-state index in [2.05, 4.69) is 19.2 Å². The van der Waals surface area contributed by atoms with Crippen molar-refractivity contribution >= 4 is 13.7 Å². The summed E-state index contributed by atoms with van der Waals surface area (Å²) in [5.41, 5.74) is 0. The topological polar surface area (TPSA) is 105 Å². The molecule has 0 radical (unpaired) electrons. The number of hydrogen-bond acceptors (Lipinski definition) is 5. The number of quaternary nitrogens is 1. The first-order valence-electron chi connectivity index (χ1n) is 25.1. The number of likely N-dealkylation sites (N-methyl/N-ethyl adjacent to an activating group) is 1. The van der Waals surface area contributed by atoms with Gasteiger partial charge in [-0.2, -0.15) is 0 Å². The predicted octanol–water partition coefficient (Wildman–Crippen LogP) is 14.3. The molecule has 9 heteroatoms. The van der Waals surface area contributed by atoms with Gasteiger partial charge >= 0.3 is 7.82 Å². The summed E-state index contributed by atoms with van der Waals surface area (Å²) >= 11 is 0. The molecule has 1 amide bonds. The minimum atomic E-state index is -4.33. The predicted molar refractivity (Wildman–Crippen MR) is 249 cm³/mol. The van der Waals surface area contributed by atoms with Gasteiger partial charge in [0.05, 0.1) is 39.9 Å². The Balaban J connectivity index is 4.14. The van der Waals surface area contributed by atoms with Crippen molar-refractivity contribution in [1.82, 2.24) is 5.32 Å². The lowest BCUT2D eigenvalue weighted by Gasteiger charge is -2.25. The summed E-state index contributed by atoms with van der Waals surface area (Å²) in [7, 11) is 1.58. The summed E-state index contributed by atoms with van der Waals surface area (Å²) in [5, 5.41) is 13.8. The number of phosphoric acid groups is 1. The van der Waals surface area contributed by atoms with Crippen LogP contribution in [0.5, 0.6) is 0 Å². The van der Waals surface area contributed by atoms with Gasteiger partial charge in [0.1, 0.15) is 13.2 Å². The van der Waals surface area contributed by atoms with Crippen molar-refractivity contribution in [3.8, 4) is 0 Å². The molecule has 0 saturated carbocycles. The van der Waals surface area contributed by atoms with E-state index in [0.29, 0.717) is 17.4 Å². The number of carbonyl (C=O) groups excluding carboxylic acids is 1. The van der Waals surface area contributed by atoms with Crippen LogP contribution in [0.1, 0.15) is 245 Å². The number of hydrogen-bond donors (Lipinski definition) is 3. The van der Waals surface area contributed by atoms with E-state index < -0.39 is 20.0 Å². The van der Waals surface area contributed by atoms with Crippen molar-refractivity contribution in [1.29, 1.82) is 0 Å². The Hall–Kier alpha value is -0.760. The first-order chi connectivity index (χ1) is 28.0. The summed E-state index contributed by atoms with van der Waals surface area (Å²) in [6.45, 7) is 4.82. The summed E-state index contributed by atoms with van der Waals surface area (Å²) < 4.78 is 23.6. The first kappa shape index (κ1) is 57.2. The van der Waals surface area contributed by atoms with Crippen LogP contribution < -0.4 is 5.32 Å². The van der Waals surface area contributed by atoms with Gasteiger partial charge in [-0.15, -0.1) is 0 Å². The lowest BCUT2D eigenvalue weighted by Crippen LogP contribution is -2.45. The second-order valence-corrected chi connectivity index (χ2v) is 20.0. The molecule has 0 heterocycles. The van der Waals surface area contributed by atoms with Crippen molar-refractivity contribution in [3.63, 3.8) is 0 Å². The number of nitrogens with zero attached hydrogens (tertiary/aromatic N) is 1. The smallest absolute Gasteiger partial charge is 0.387 e. The normalized spacial score (nSPS) is 14.3. The minimum absolute atomic E-state index is 0.0646. The SMILES string of the molecule is CCCCCCCCCCCCCCCCCCCCCCCCCC/C=C/C(O)C(COP(=O)(O)OCC[N+](C)(C)C)NC(=O)CCCCCCCCCCCC. The monoisotopic (exact) mass is 844 g/mol. The third-order valence-electron chi connectivity index (χ3n) is 11.5. The molecule has 3 atom stereocenters. The zero-order valence-corrected chi connectivity index (χ0v) is 40.2. The zero-order chi connectivity index (χ0) is 42.8. The van der Waals surface area contributed by atoms with Crippen molar-refractivity contribution in [2.45, 2.75) is 257 Å². The maximum absolute atomic E-state index is 12.8. The van der Waals surface area contributed by atoms with Gasteiger partial charge in [-0.3, -0.25) is 13.8 Å². The van der Waals surface area contributed by atoms with E-state index in [1.165, 1.54) is 193 Å². The third-order valence-corrected chi connectivity index (χ3v) is 12.5. The van der Waals surface area contributed by atoms with Gasteiger partial charge in [0.2, 0.25) is 5.91 Å². The fourth-order valence-corrected chi connectivity index (χ4v) is 8.25. The molecule has 0 fully saturated rings. The highest BCUT2D eigenvalue weighted by Gasteiger charge is 2.27. The quantitative estimate of drug-likeness (QED) is 0.0244. The average molecular weight is 844 g/mol. The first-order valence-corrected chi connectivity index (χ1v) is 26.6. The Kier molecular flexibility index (Phi) is 41.0. The lowest BCUT2D eigenvalue weighted by atomic mass is 10.0. The Labute approximate surface area is 361 Å². The van der Waals surface area contributed by atoms with Crippen molar-refractivity contribution in [2.75, 3.05) is 40.9 Å². The molecular formula is C49H100N2O6P+. The van der Waals surface area contributed by atoms with Gasteiger partial charge in [0.25, 0.3) is 0 Å². The fraction of sp³-hybridized carbons (Fsp3) is 0.939. The zero-order valence-electron chi connectivity index (χ0n) is 39.3. The van der Waals surface area contributed by atoms with E-state index in [9.17, 15) is 19.4 Å². The molecule has 0 saturated heterocycles. The van der Waals surface area contributed by atoms with Gasteiger partial charge < -0.3 is 19.8 Å². The molecule has 8 nitrogen and oxygen atoms in total. The number of unbranched alkanes of at least 4 members (excludes halogenated alkanes) is 33. The number of nitrogens with one attached hydrogen (secondary N) is 1. The third kappa shape index (κ3) is 43.3. The van der Waals surface area contributed by atoms with E-state index in [-0.39, 0.29) is 19.1 Å². The largest absolute Gasteiger partial charge is 0.472 e. The number of carbonyl (C=O) groups is 1. The number of amides is 1. The summed E-state index contributed by atoms with van der Waals surface area (Å²) in [5.74, 6) is -0.177. The summed E-state index contributed by atoms with van der Waals surface area (Å²) in [4.78, 5) is 23.1. The molecule has 0 aliphatic heterocycles. The molecule has 0 aromatic heterocycles. The van der Waals surface area contributed by atoms with Crippen LogP contribution in [0.3, 0.4) is 0 Å². The Bertz CT molecular complexity index is 958. The second-order valence-electron chi connectivity index (χ2n) is 18.6. The van der Waals surface area contributed by atoms with E-state index >= 15 is 0 Å². The molecular weight excluding hydrogens is 744 g/mol. The molecule has 0 rings (SSSR count). The fourth-order valence-electron chi connectivity index (χ4n) is 7.51. The van der Waals surface area contributed by atoms with Crippen LogP contribution in [0.15, 0.2) is 12.2 Å². The highest BCUT2D eigenvalue weighted by molar-refractivity contribution is 7.47. The molecule has 58 heavy (non-hydrogen) atoms. The Morgan fingerprint density at radius 1 is 0.569 bits per heavy atom. The Morgan fingerprint density at radius 3 is 1.28 bits per heavy atom. The van der Waals surface area contributed by atoms with E-state index in [4.69, 9.17) is 9.05 Å². The van der Waals surface area contributed by atoms with Gasteiger partial charge in [0.15, 0.2) is 0 Å². The molecule has 346 valence electrons. The number of phosphoric ester groups is 1. The summed E-state index contributed by atoms with van der Waals surface area (Å²) in [6, 6.07) is -0.839. The van der Waals surface area contributed by atoms with Gasteiger partial charge in [-0.25, -0.2) is 4.57 Å². The molecule has 0 aliphatic rings. The minimum Gasteiger partial charge on any atom is -0.387 e. The molecule has 0 aromatic carbocycles. The molecule has 0 bridgehead atoms. The molecule has 3 unspecified atom stereocenters. The van der Waals surface area contributed by atoms with E-state index in [0.717, 1.165) is 32.1 Å². The molecule has 0 spiro atoms. The van der Waals surface area contributed by atoms with Crippen LogP contribution in [0.2, 0.25) is 0 Å². The van der Waals surface area contributed by atoms with Crippen LogP contribution in [0.4, 0.5) is 0 Å². The molecule has 0 aliphatic carbocycles. The Morgan fingerprint density at radius 2 is 0.914 bits per heavy atom. The molecule has 0 aromatic rings. The van der Waals surface area contributed by atoms with Gasteiger partial charge in [-0.05, 0) is 19.3 Å². The van der Waals surface area contributed by atoms with Crippen molar-refractivity contribution in [2.24, 2.45) is 0 Å². The number of aliphatic hydroxyl groups excluding tert-OH is 1. The van der Waals surface area contributed by atoms with Crippen LogP contribution in [-0.2, 0) is 18.4 Å². The maximum Gasteiger partial charge on any atom is 0.472 e. The molecule has 3 N–H and O–H groups in total. The van der Waals surface area contributed by atoms with E-state index in [1.54, 1.807) is 6.08 Å². The second kappa shape index (κ2) is 41.6. The summed E-state index contributed by atoms with van der Waals surface area (Å²) in [6.07, 6.45) is 48.8. The van der Waals surface area contributed by atoms with Crippen molar-refractivity contribution in [3.05, 3.63) is 12.2 Å². The van der Waals surface area contributed by atoms with Crippen LogP contribution >= 0.6 is 7.82 Å². The standard InChI is InChI=1S/C49H99N2O6P/c1-6-8-10-12-14-16-18-19-20-21-22-23-24-25-26-27-28-29-30-31-32-33-34-36-38-40-42-48(52)47(46-57-58(54,55)56-45-44-51(3,4)5)50-49(53)43-41-39-37-35-17-15-13-11-9-7-2/h40,42,47-48,52H,6-39,41,43-46H2,1-5H3,(H-,50,53,54,55)/p+1/b42-40+. The van der Waals surface area contributed by atoms with Crippen molar-refractivity contribution < 1.29 is 32.9 Å². The van der Waals surface area contributed by atoms with Crippen LogP contribution in [-0.4, -0.2) is 73.4 Å². The van der Waals surface area contributed by atoms with E-state index in [1.807, 2.05) is 27.2 Å². The number of rotatable bonds is 46. The van der Waals surface area contributed by atoms with Crippen LogP contribution in [0.25, 0.3) is 0 Å². The lowest BCUT2D eigenvalue weighted by molar-refractivity contribution is -0.870. The highest BCUT2D eigenvalue weighted by Crippen LogP contribution is 2.43. The number of aliphatic hydroxyl groups is 1. The van der Waals surface area contributed by atoms with Gasteiger partial charge in [0, 0.05) is 6.42 Å². The highest BCUT2D eigenvalue weighted by atomic mass is 31.2. The number of allylic oxidation sites excluding steroid dienone is 1. The van der Waals surface area contributed by atoms with Crippen LogP contribution in [0, 0.1) is 0 Å².